The van der Waals surface area contributed by atoms with Crippen LogP contribution < -0.4 is 21.3 Å². The molecule has 4 amide bonds. The number of hydrogen-bond donors (Lipinski definition) is 6. The van der Waals surface area contributed by atoms with Gasteiger partial charge in [-0.15, -0.1) is 0 Å². The van der Waals surface area contributed by atoms with Crippen molar-refractivity contribution in [3.8, 4) is 0 Å². The Morgan fingerprint density at radius 2 is 0.862 bits per heavy atom. The molecular formula is C46H52N6O6. The summed E-state index contributed by atoms with van der Waals surface area (Å²) in [6.45, 7) is 1.18. The number of carbonyl (C=O) groups is 4. The number of para-hydroxylation sites is 2. The van der Waals surface area contributed by atoms with Crippen LogP contribution in [0.5, 0.6) is 0 Å². The normalized spacial score (nSPS) is 12.1. The van der Waals surface area contributed by atoms with Gasteiger partial charge in [0.1, 0.15) is 25.3 Å². The van der Waals surface area contributed by atoms with Gasteiger partial charge in [-0.05, 0) is 47.2 Å². The van der Waals surface area contributed by atoms with Gasteiger partial charge in [0.25, 0.3) is 0 Å². The highest BCUT2D eigenvalue weighted by molar-refractivity contribution is 5.89. The van der Waals surface area contributed by atoms with Gasteiger partial charge in [-0.1, -0.05) is 123 Å². The van der Waals surface area contributed by atoms with Gasteiger partial charge in [0.05, 0.1) is 0 Å². The molecule has 0 saturated carbocycles. The second kappa shape index (κ2) is 21.7. The zero-order valence-electron chi connectivity index (χ0n) is 32.6. The lowest BCUT2D eigenvalue weighted by Gasteiger charge is -2.18. The van der Waals surface area contributed by atoms with Crippen molar-refractivity contribution < 1.29 is 28.7 Å². The lowest BCUT2D eigenvalue weighted by Crippen LogP contribution is -2.48. The largest absolute Gasteiger partial charge is 0.445 e. The number of aromatic nitrogens is 2. The Balaban J connectivity index is 0.901. The molecule has 0 aliphatic rings. The summed E-state index contributed by atoms with van der Waals surface area (Å²) in [5, 5.41) is 13.6. The first-order valence-electron chi connectivity index (χ1n) is 20.0. The Labute approximate surface area is 338 Å². The van der Waals surface area contributed by atoms with E-state index in [-0.39, 0.29) is 25.0 Å². The van der Waals surface area contributed by atoms with Crippen molar-refractivity contribution in [1.82, 2.24) is 31.2 Å². The summed E-state index contributed by atoms with van der Waals surface area (Å²) in [5.41, 5.74) is 5.50. The van der Waals surface area contributed by atoms with E-state index in [0.717, 1.165) is 82.6 Å². The summed E-state index contributed by atoms with van der Waals surface area (Å²) in [6, 6.07) is 32.9. The molecule has 2 unspecified atom stereocenters. The molecule has 302 valence electrons. The highest BCUT2D eigenvalue weighted by atomic mass is 16.6. The van der Waals surface area contributed by atoms with Crippen molar-refractivity contribution in [1.29, 1.82) is 0 Å². The second-order valence-corrected chi connectivity index (χ2v) is 14.3. The predicted molar refractivity (Wildman–Crippen MR) is 225 cm³/mol. The smallest absolute Gasteiger partial charge is 0.408 e. The Morgan fingerprint density at radius 3 is 1.29 bits per heavy atom. The molecule has 6 aromatic rings. The minimum absolute atomic E-state index is 0.107. The molecule has 0 saturated heterocycles. The number of H-pyrrole nitrogens is 2. The maximum absolute atomic E-state index is 13.4. The topological polar surface area (TPSA) is 166 Å². The molecular weight excluding hydrogens is 733 g/mol. The fourth-order valence-electron chi connectivity index (χ4n) is 6.90. The Morgan fingerprint density at radius 1 is 0.483 bits per heavy atom. The molecule has 0 fully saturated rings. The zero-order valence-corrected chi connectivity index (χ0v) is 32.6. The summed E-state index contributed by atoms with van der Waals surface area (Å²) in [7, 11) is 0. The van der Waals surface area contributed by atoms with Gasteiger partial charge in [0.2, 0.25) is 11.8 Å². The molecule has 0 spiro atoms. The molecule has 12 nitrogen and oxygen atoms in total. The van der Waals surface area contributed by atoms with E-state index in [4.69, 9.17) is 9.47 Å². The molecule has 12 heteroatoms. The summed E-state index contributed by atoms with van der Waals surface area (Å²) < 4.78 is 10.9. The number of aromatic amines is 2. The highest BCUT2D eigenvalue weighted by Gasteiger charge is 2.24. The fraction of sp³-hybridized carbons (Fsp3) is 0.304. The number of carbonyl (C=O) groups excluding carboxylic acids is 4. The van der Waals surface area contributed by atoms with Crippen LogP contribution in [0.25, 0.3) is 21.8 Å². The number of ether oxygens (including phenoxy) is 2. The van der Waals surface area contributed by atoms with Crippen LogP contribution in [-0.2, 0) is 45.1 Å². The first-order chi connectivity index (χ1) is 28.4. The van der Waals surface area contributed by atoms with Crippen LogP contribution in [0.1, 0.15) is 60.8 Å². The zero-order chi connectivity index (χ0) is 40.4. The maximum Gasteiger partial charge on any atom is 0.408 e. The monoisotopic (exact) mass is 784 g/mol. The van der Waals surface area contributed by atoms with Gasteiger partial charge in [0.15, 0.2) is 0 Å². The fourth-order valence-corrected chi connectivity index (χ4v) is 6.90. The number of nitrogens with one attached hydrogen (secondary N) is 6. The molecule has 0 aliphatic heterocycles. The first kappa shape index (κ1) is 41.1. The van der Waals surface area contributed by atoms with Crippen LogP contribution in [0.3, 0.4) is 0 Å². The van der Waals surface area contributed by atoms with E-state index < -0.39 is 24.3 Å². The van der Waals surface area contributed by atoms with Gasteiger partial charge in [0, 0.05) is 60.1 Å². The molecule has 0 aliphatic carbocycles. The Hall–Kier alpha value is -6.56. The summed E-state index contributed by atoms with van der Waals surface area (Å²) in [5.74, 6) is -0.528. The molecule has 6 rings (SSSR count). The number of unbranched alkanes of at least 4 members (excludes halogenated alkanes) is 5. The van der Waals surface area contributed by atoms with Crippen molar-refractivity contribution in [2.45, 2.75) is 76.7 Å². The van der Waals surface area contributed by atoms with E-state index in [1.807, 2.05) is 122 Å². The third kappa shape index (κ3) is 12.5. The molecule has 4 aromatic carbocycles. The van der Waals surface area contributed by atoms with Crippen LogP contribution >= 0.6 is 0 Å². The number of benzene rings is 4. The molecule has 2 atom stereocenters. The van der Waals surface area contributed by atoms with Gasteiger partial charge in [-0.2, -0.15) is 0 Å². The van der Waals surface area contributed by atoms with E-state index in [1.54, 1.807) is 0 Å². The van der Waals surface area contributed by atoms with Gasteiger partial charge < -0.3 is 40.7 Å². The second-order valence-electron chi connectivity index (χ2n) is 14.3. The molecule has 2 heterocycles. The van der Waals surface area contributed by atoms with Crippen molar-refractivity contribution in [2.24, 2.45) is 0 Å². The minimum Gasteiger partial charge on any atom is -0.445 e. The molecule has 0 bridgehead atoms. The van der Waals surface area contributed by atoms with Crippen LogP contribution in [0.4, 0.5) is 9.59 Å². The summed E-state index contributed by atoms with van der Waals surface area (Å²) in [6.07, 6.45) is 8.46. The van der Waals surface area contributed by atoms with E-state index in [9.17, 15) is 19.2 Å². The van der Waals surface area contributed by atoms with Crippen molar-refractivity contribution in [2.75, 3.05) is 13.1 Å². The highest BCUT2D eigenvalue weighted by Crippen LogP contribution is 2.21. The van der Waals surface area contributed by atoms with E-state index in [0.29, 0.717) is 25.9 Å². The average molecular weight is 785 g/mol. The van der Waals surface area contributed by atoms with Gasteiger partial charge in [-0.25, -0.2) is 9.59 Å². The quantitative estimate of drug-likeness (QED) is 0.0412. The lowest BCUT2D eigenvalue weighted by atomic mass is 10.0. The molecule has 6 N–H and O–H groups in total. The van der Waals surface area contributed by atoms with E-state index in [1.165, 1.54) is 0 Å². The van der Waals surface area contributed by atoms with Crippen molar-refractivity contribution in [3.05, 3.63) is 144 Å². The SMILES string of the molecule is O=C(NC(Cc1c[nH]c2ccccc12)C(=O)NCCCCCCCCNC(=O)C(Cc1c[nH]c2ccccc12)NC(=O)OCc1ccccc1)OCc1ccccc1. The Kier molecular flexibility index (Phi) is 15.3. The number of amides is 4. The van der Waals surface area contributed by atoms with Crippen LogP contribution in [0.15, 0.2) is 122 Å². The minimum atomic E-state index is -0.810. The standard InChI is InChI=1S/C46H52N6O6/c53-43(41(27-35-29-49-39-23-13-11-21-37(35)39)51-45(55)57-31-33-17-7-5-8-18-33)47-25-15-3-1-2-4-16-26-48-44(54)42(28-36-30-50-40-24-14-12-22-38(36)40)52-46(56)58-32-34-19-9-6-10-20-34/h5-14,17-24,29-30,41-42,49-50H,1-4,15-16,25-28,31-32H2,(H,47,53)(H,48,54)(H,51,55)(H,52,56). The number of alkyl carbamates (subject to hydrolysis) is 2. The third-order valence-electron chi connectivity index (χ3n) is 10.0. The van der Waals surface area contributed by atoms with Crippen LogP contribution in [0, 0.1) is 0 Å². The van der Waals surface area contributed by atoms with E-state index >= 15 is 0 Å². The summed E-state index contributed by atoms with van der Waals surface area (Å²) >= 11 is 0. The predicted octanol–water partition coefficient (Wildman–Crippen LogP) is 7.60. The number of rotatable bonds is 21. The van der Waals surface area contributed by atoms with Gasteiger partial charge >= 0.3 is 12.2 Å². The Bertz CT molecular complexity index is 2060. The first-order valence-corrected chi connectivity index (χ1v) is 20.0. The average Bonchev–Trinajstić information content (AvgIpc) is 3.86. The molecule has 58 heavy (non-hydrogen) atoms. The summed E-state index contributed by atoms with van der Waals surface area (Å²) in [4.78, 5) is 58.7. The van der Waals surface area contributed by atoms with Gasteiger partial charge in [-0.3, -0.25) is 9.59 Å². The molecule has 2 aromatic heterocycles. The van der Waals surface area contributed by atoms with Crippen LogP contribution in [-0.4, -0.2) is 59.1 Å². The lowest BCUT2D eigenvalue weighted by molar-refractivity contribution is -0.123. The van der Waals surface area contributed by atoms with Crippen LogP contribution in [0.2, 0.25) is 0 Å². The van der Waals surface area contributed by atoms with Crippen molar-refractivity contribution in [3.63, 3.8) is 0 Å². The van der Waals surface area contributed by atoms with Crippen molar-refractivity contribution >= 4 is 45.8 Å². The molecule has 0 radical (unpaired) electrons. The van der Waals surface area contributed by atoms with E-state index in [2.05, 4.69) is 31.2 Å². The maximum atomic E-state index is 13.4. The third-order valence-corrected chi connectivity index (χ3v) is 10.0. The number of hydrogen-bond acceptors (Lipinski definition) is 6. The number of fused-ring (bicyclic) bond motifs is 2.